The Morgan fingerprint density at radius 1 is 1.15 bits per heavy atom. The Morgan fingerprint density at radius 3 is 2.80 bits per heavy atom. The number of fused-ring (bicyclic) bond motifs is 1. The molecule has 0 heterocycles. The summed E-state index contributed by atoms with van der Waals surface area (Å²) in [6.07, 6.45) is 3.13. The number of alkyl halides is 1. The summed E-state index contributed by atoms with van der Waals surface area (Å²) in [5.74, 6) is 0.341. The van der Waals surface area contributed by atoms with E-state index < -0.39 is 0 Å². The second-order valence-corrected chi connectivity index (χ2v) is 7.18. The van der Waals surface area contributed by atoms with Crippen LogP contribution in [-0.2, 0) is 12.8 Å². The SMILES string of the molecule is Fc1ccc(Br)c(CC2CCc3ccccc3C2Br)c1. The lowest BCUT2D eigenvalue weighted by Gasteiger charge is -2.30. The number of rotatable bonds is 2. The van der Waals surface area contributed by atoms with Crippen molar-refractivity contribution in [3.63, 3.8) is 0 Å². The van der Waals surface area contributed by atoms with Crippen LogP contribution in [0.5, 0.6) is 0 Å². The van der Waals surface area contributed by atoms with Gasteiger partial charge in [0.2, 0.25) is 0 Å². The molecule has 1 aliphatic carbocycles. The van der Waals surface area contributed by atoms with Crippen LogP contribution in [-0.4, -0.2) is 0 Å². The molecule has 0 N–H and O–H groups in total. The van der Waals surface area contributed by atoms with Crippen molar-refractivity contribution in [2.75, 3.05) is 0 Å². The predicted molar refractivity (Wildman–Crippen MR) is 87.7 cm³/mol. The fraction of sp³-hybridized carbons (Fsp3) is 0.294. The minimum atomic E-state index is -0.162. The number of halogens is 3. The molecule has 0 saturated heterocycles. The zero-order valence-corrected chi connectivity index (χ0v) is 14.1. The molecule has 2 aromatic carbocycles. The summed E-state index contributed by atoms with van der Waals surface area (Å²) in [6, 6.07) is 13.5. The Bertz CT molecular complexity index is 624. The van der Waals surface area contributed by atoms with E-state index in [-0.39, 0.29) is 5.82 Å². The Kier molecular flexibility index (Phi) is 4.27. The van der Waals surface area contributed by atoms with Crippen LogP contribution in [0, 0.1) is 11.7 Å². The minimum absolute atomic E-state index is 0.162. The minimum Gasteiger partial charge on any atom is -0.207 e. The number of benzene rings is 2. The van der Waals surface area contributed by atoms with Crippen molar-refractivity contribution in [1.29, 1.82) is 0 Å². The molecule has 2 atom stereocenters. The standard InChI is InChI=1S/C17H15Br2F/c18-16-8-7-14(20)10-13(16)9-12-6-5-11-3-1-2-4-15(11)17(12)19/h1-4,7-8,10,12,17H,5-6,9H2. The summed E-state index contributed by atoms with van der Waals surface area (Å²) in [6.45, 7) is 0. The van der Waals surface area contributed by atoms with Gasteiger partial charge in [-0.15, -0.1) is 0 Å². The lowest BCUT2D eigenvalue weighted by molar-refractivity contribution is 0.451. The third-order valence-corrected chi connectivity index (χ3v) is 6.05. The number of aryl methyl sites for hydroxylation is 1. The van der Waals surface area contributed by atoms with Crippen molar-refractivity contribution in [2.24, 2.45) is 5.92 Å². The van der Waals surface area contributed by atoms with Gasteiger partial charge in [-0.1, -0.05) is 56.1 Å². The van der Waals surface area contributed by atoms with Gasteiger partial charge in [0, 0.05) is 9.30 Å². The average molecular weight is 398 g/mol. The Labute approximate surface area is 135 Å². The highest BCUT2D eigenvalue weighted by Gasteiger charge is 2.27. The van der Waals surface area contributed by atoms with Crippen molar-refractivity contribution < 1.29 is 4.39 Å². The quantitative estimate of drug-likeness (QED) is 0.559. The molecule has 0 saturated carbocycles. The Hall–Kier alpha value is -0.670. The van der Waals surface area contributed by atoms with E-state index in [0.717, 1.165) is 29.3 Å². The van der Waals surface area contributed by atoms with E-state index in [2.05, 4.69) is 56.1 Å². The molecule has 2 unspecified atom stereocenters. The average Bonchev–Trinajstić information content (AvgIpc) is 2.46. The number of hydrogen-bond acceptors (Lipinski definition) is 0. The second-order valence-electron chi connectivity index (χ2n) is 5.34. The van der Waals surface area contributed by atoms with E-state index >= 15 is 0 Å². The van der Waals surface area contributed by atoms with E-state index in [4.69, 9.17) is 0 Å². The zero-order chi connectivity index (χ0) is 14.1. The highest BCUT2D eigenvalue weighted by molar-refractivity contribution is 9.10. The maximum Gasteiger partial charge on any atom is 0.123 e. The maximum atomic E-state index is 13.4. The van der Waals surface area contributed by atoms with Crippen molar-refractivity contribution in [3.05, 3.63) is 69.4 Å². The molecule has 0 aliphatic heterocycles. The summed E-state index contributed by atoms with van der Waals surface area (Å²) in [5.41, 5.74) is 3.87. The van der Waals surface area contributed by atoms with Crippen LogP contribution >= 0.6 is 31.9 Å². The summed E-state index contributed by atoms with van der Waals surface area (Å²) in [5, 5.41) is 0. The van der Waals surface area contributed by atoms with Gasteiger partial charge >= 0.3 is 0 Å². The highest BCUT2D eigenvalue weighted by Crippen LogP contribution is 2.42. The fourth-order valence-corrected chi connectivity index (χ4v) is 4.27. The molecule has 0 aromatic heterocycles. The van der Waals surface area contributed by atoms with E-state index in [0.29, 0.717) is 10.7 Å². The molecular weight excluding hydrogens is 383 g/mol. The summed E-state index contributed by atoms with van der Waals surface area (Å²) >= 11 is 7.37. The van der Waals surface area contributed by atoms with Gasteiger partial charge in [0.25, 0.3) is 0 Å². The van der Waals surface area contributed by atoms with E-state index in [1.54, 1.807) is 12.1 Å². The molecule has 0 fully saturated rings. The first kappa shape index (κ1) is 14.3. The van der Waals surface area contributed by atoms with Gasteiger partial charge in [0.05, 0.1) is 0 Å². The lowest BCUT2D eigenvalue weighted by atomic mass is 9.81. The molecule has 104 valence electrons. The normalized spacial score (nSPS) is 21.6. The zero-order valence-electron chi connectivity index (χ0n) is 11.0. The maximum absolute atomic E-state index is 13.4. The first-order valence-corrected chi connectivity index (χ1v) is 8.52. The molecule has 0 nitrogen and oxygen atoms in total. The first-order valence-electron chi connectivity index (χ1n) is 6.81. The molecule has 20 heavy (non-hydrogen) atoms. The molecule has 3 heteroatoms. The molecule has 2 aromatic rings. The van der Waals surface area contributed by atoms with Crippen molar-refractivity contribution in [3.8, 4) is 0 Å². The van der Waals surface area contributed by atoms with Gasteiger partial charge in [-0.3, -0.25) is 0 Å². The second kappa shape index (κ2) is 5.98. The van der Waals surface area contributed by atoms with Crippen LogP contribution in [0.2, 0.25) is 0 Å². The third-order valence-electron chi connectivity index (χ3n) is 4.04. The fourth-order valence-electron chi connectivity index (χ4n) is 2.96. The number of hydrogen-bond donors (Lipinski definition) is 0. The van der Waals surface area contributed by atoms with E-state index in [1.165, 1.54) is 17.2 Å². The molecule has 0 spiro atoms. The van der Waals surface area contributed by atoms with Gasteiger partial charge in [0.15, 0.2) is 0 Å². The molecule has 3 rings (SSSR count). The van der Waals surface area contributed by atoms with Gasteiger partial charge in [0.1, 0.15) is 5.82 Å². The van der Waals surface area contributed by atoms with Gasteiger partial charge in [-0.05, 0) is 60.1 Å². The molecule has 1 aliphatic rings. The summed E-state index contributed by atoms with van der Waals surface area (Å²) in [7, 11) is 0. The van der Waals surface area contributed by atoms with Crippen molar-refractivity contribution in [1.82, 2.24) is 0 Å². The van der Waals surface area contributed by atoms with Crippen LogP contribution in [0.1, 0.15) is 27.9 Å². The summed E-state index contributed by atoms with van der Waals surface area (Å²) < 4.78 is 14.4. The van der Waals surface area contributed by atoms with Gasteiger partial charge < -0.3 is 0 Å². The molecule has 0 amide bonds. The van der Waals surface area contributed by atoms with Crippen molar-refractivity contribution >= 4 is 31.9 Å². The van der Waals surface area contributed by atoms with Crippen molar-refractivity contribution in [2.45, 2.75) is 24.1 Å². The predicted octanol–water partition coefficient (Wildman–Crippen LogP) is 5.83. The van der Waals surface area contributed by atoms with Gasteiger partial charge in [-0.25, -0.2) is 4.39 Å². The topological polar surface area (TPSA) is 0 Å². The van der Waals surface area contributed by atoms with E-state index in [1.807, 2.05) is 0 Å². The lowest BCUT2D eigenvalue weighted by Crippen LogP contribution is -2.19. The van der Waals surface area contributed by atoms with Crippen LogP contribution in [0.4, 0.5) is 4.39 Å². The molecular formula is C17H15Br2F. The smallest absolute Gasteiger partial charge is 0.123 e. The monoisotopic (exact) mass is 396 g/mol. The van der Waals surface area contributed by atoms with Crippen LogP contribution in [0.3, 0.4) is 0 Å². The van der Waals surface area contributed by atoms with Crippen LogP contribution in [0.25, 0.3) is 0 Å². The largest absolute Gasteiger partial charge is 0.207 e. The Balaban J connectivity index is 1.84. The molecule has 0 bridgehead atoms. The van der Waals surface area contributed by atoms with Crippen LogP contribution < -0.4 is 0 Å². The van der Waals surface area contributed by atoms with Crippen LogP contribution in [0.15, 0.2) is 46.9 Å². The Morgan fingerprint density at radius 2 is 1.95 bits per heavy atom. The van der Waals surface area contributed by atoms with Gasteiger partial charge in [-0.2, -0.15) is 0 Å². The van der Waals surface area contributed by atoms with E-state index in [9.17, 15) is 4.39 Å². The summed E-state index contributed by atoms with van der Waals surface area (Å²) in [4.78, 5) is 0.350. The molecule has 0 radical (unpaired) electrons. The highest BCUT2D eigenvalue weighted by atomic mass is 79.9. The third kappa shape index (κ3) is 2.84. The first-order chi connectivity index (χ1) is 9.65.